The summed E-state index contributed by atoms with van der Waals surface area (Å²) in [7, 11) is 0. The van der Waals surface area contributed by atoms with Gasteiger partial charge >= 0.3 is 5.97 Å². The zero-order valence-electron chi connectivity index (χ0n) is 9.48. The van der Waals surface area contributed by atoms with E-state index in [-0.39, 0.29) is 12.1 Å². The summed E-state index contributed by atoms with van der Waals surface area (Å²) < 4.78 is 0. The Morgan fingerprint density at radius 1 is 1.47 bits per heavy atom. The number of hydrogen-bond donors (Lipinski definition) is 1. The molecule has 0 amide bonds. The number of hydrogen-bond acceptors (Lipinski definition) is 2. The van der Waals surface area contributed by atoms with Gasteiger partial charge in [-0.2, -0.15) is 0 Å². The molecular weight excluding hydrogens is 190 g/mol. The van der Waals surface area contributed by atoms with Crippen LogP contribution in [0.3, 0.4) is 0 Å². The van der Waals surface area contributed by atoms with Crippen molar-refractivity contribution in [3.8, 4) is 0 Å². The van der Waals surface area contributed by atoms with E-state index in [4.69, 9.17) is 0 Å². The van der Waals surface area contributed by atoms with Crippen LogP contribution in [0.1, 0.15) is 39.0 Å². The quantitative estimate of drug-likeness (QED) is 0.728. The maximum atomic E-state index is 11.2. The molecule has 0 aromatic carbocycles. The van der Waals surface area contributed by atoms with Gasteiger partial charge in [-0.1, -0.05) is 25.3 Å². The highest BCUT2D eigenvalue weighted by atomic mass is 16.4. The predicted octanol–water partition coefficient (Wildman–Crippen LogP) is 2.28. The smallest absolute Gasteiger partial charge is 0.320 e. The summed E-state index contributed by atoms with van der Waals surface area (Å²) in [6.07, 6.45) is 7.11. The molecule has 0 aliphatic carbocycles. The van der Waals surface area contributed by atoms with E-state index >= 15 is 0 Å². The molecule has 1 saturated heterocycles. The van der Waals surface area contributed by atoms with E-state index in [9.17, 15) is 9.90 Å². The van der Waals surface area contributed by atoms with Gasteiger partial charge in [-0.05, 0) is 26.3 Å². The second kappa shape index (κ2) is 5.91. The second-order valence-electron chi connectivity index (χ2n) is 4.27. The minimum absolute atomic E-state index is 0.157. The third kappa shape index (κ3) is 3.34. The van der Waals surface area contributed by atoms with Crippen LogP contribution in [0.5, 0.6) is 0 Å². The summed E-state index contributed by atoms with van der Waals surface area (Å²) in [5, 5.41) is 9.19. The molecule has 1 N–H and O–H groups in total. The van der Waals surface area contributed by atoms with Crippen LogP contribution in [0.15, 0.2) is 12.7 Å². The zero-order valence-corrected chi connectivity index (χ0v) is 9.48. The van der Waals surface area contributed by atoms with E-state index in [0.717, 1.165) is 25.8 Å². The lowest BCUT2D eigenvalue weighted by molar-refractivity contribution is -0.144. The Morgan fingerprint density at radius 2 is 2.13 bits per heavy atom. The van der Waals surface area contributed by atoms with E-state index in [1.807, 2.05) is 13.0 Å². The van der Waals surface area contributed by atoms with Crippen molar-refractivity contribution in [3.05, 3.63) is 12.7 Å². The molecule has 0 saturated carbocycles. The third-order valence-electron chi connectivity index (χ3n) is 3.19. The monoisotopic (exact) mass is 211 g/mol. The van der Waals surface area contributed by atoms with Gasteiger partial charge in [-0.25, -0.2) is 0 Å². The van der Waals surface area contributed by atoms with Crippen LogP contribution >= 0.6 is 0 Å². The van der Waals surface area contributed by atoms with Crippen LogP contribution in [-0.4, -0.2) is 34.6 Å². The Hall–Kier alpha value is -0.830. The van der Waals surface area contributed by atoms with Crippen molar-refractivity contribution in [2.24, 2.45) is 0 Å². The highest BCUT2D eigenvalue weighted by molar-refractivity contribution is 5.73. The normalized spacial score (nSPS) is 26.3. The first-order valence-corrected chi connectivity index (χ1v) is 5.78. The topological polar surface area (TPSA) is 40.5 Å². The molecule has 3 heteroatoms. The maximum Gasteiger partial charge on any atom is 0.320 e. The molecule has 86 valence electrons. The lowest BCUT2D eigenvalue weighted by Gasteiger charge is -2.34. The summed E-state index contributed by atoms with van der Waals surface area (Å²) >= 11 is 0. The van der Waals surface area contributed by atoms with Crippen LogP contribution in [0.2, 0.25) is 0 Å². The van der Waals surface area contributed by atoms with E-state index in [0.29, 0.717) is 0 Å². The minimum atomic E-state index is -0.689. The molecular formula is C12H21NO2. The lowest BCUT2D eigenvalue weighted by atomic mass is 10.0. The molecule has 1 rings (SSSR count). The van der Waals surface area contributed by atoms with Crippen LogP contribution in [-0.2, 0) is 4.79 Å². The van der Waals surface area contributed by atoms with Gasteiger partial charge in [0.05, 0.1) is 0 Å². The number of nitrogens with zero attached hydrogens (tertiary/aromatic N) is 1. The van der Waals surface area contributed by atoms with Gasteiger partial charge in [0, 0.05) is 6.04 Å². The SMILES string of the molecule is C=CC(C)N1CCCCCCC1C(=O)O. The Labute approximate surface area is 91.8 Å². The van der Waals surface area contributed by atoms with Crippen molar-refractivity contribution in [2.75, 3.05) is 6.54 Å². The van der Waals surface area contributed by atoms with Crippen LogP contribution in [0.25, 0.3) is 0 Å². The van der Waals surface area contributed by atoms with Crippen molar-refractivity contribution in [2.45, 2.75) is 51.1 Å². The van der Waals surface area contributed by atoms with Gasteiger partial charge in [-0.3, -0.25) is 9.69 Å². The highest BCUT2D eigenvalue weighted by Crippen LogP contribution is 2.19. The molecule has 3 nitrogen and oxygen atoms in total. The fourth-order valence-corrected chi connectivity index (χ4v) is 2.20. The zero-order chi connectivity index (χ0) is 11.3. The molecule has 0 aromatic rings. The van der Waals surface area contributed by atoms with Crippen molar-refractivity contribution in [1.82, 2.24) is 4.90 Å². The van der Waals surface area contributed by atoms with E-state index in [2.05, 4.69) is 11.5 Å². The van der Waals surface area contributed by atoms with Gasteiger partial charge in [-0.15, -0.1) is 6.58 Å². The molecule has 0 spiro atoms. The molecule has 1 aliphatic heterocycles. The fourth-order valence-electron chi connectivity index (χ4n) is 2.20. The molecule has 2 atom stereocenters. The number of rotatable bonds is 3. The number of carbonyl (C=O) groups is 1. The second-order valence-corrected chi connectivity index (χ2v) is 4.27. The first-order chi connectivity index (χ1) is 7.16. The molecule has 1 heterocycles. The average molecular weight is 211 g/mol. The highest BCUT2D eigenvalue weighted by Gasteiger charge is 2.28. The van der Waals surface area contributed by atoms with Crippen molar-refractivity contribution >= 4 is 5.97 Å². The van der Waals surface area contributed by atoms with Gasteiger partial charge in [0.25, 0.3) is 0 Å². The molecule has 1 fully saturated rings. The van der Waals surface area contributed by atoms with Gasteiger partial charge in [0.1, 0.15) is 6.04 Å². The molecule has 0 radical (unpaired) electrons. The lowest BCUT2D eigenvalue weighted by Crippen LogP contribution is -2.46. The van der Waals surface area contributed by atoms with Gasteiger partial charge in [0.15, 0.2) is 0 Å². The van der Waals surface area contributed by atoms with Crippen molar-refractivity contribution in [3.63, 3.8) is 0 Å². The Kier molecular flexibility index (Phi) is 4.82. The first kappa shape index (κ1) is 12.2. The predicted molar refractivity (Wildman–Crippen MR) is 60.9 cm³/mol. The summed E-state index contributed by atoms with van der Waals surface area (Å²) in [5.74, 6) is -0.689. The summed E-state index contributed by atoms with van der Waals surface area (Å²) in [6.45, 7) is 6.65. The largest absolute Gasteiger partial charge is 0.480 e. The van der Waals surface area contributed by atoms with Gasteiger partial charge < -0.3 is 5.11 Å². The molecule has 0 bridgehead atoms. The van der Waals surface area contributed by atoms with E-state index in [1.165, 1.54) is 12.8 Å². The minimum Gasteiger partial charge on any atom is -0.480 e. The molecule has 1 aliphatic rings. The summed E-state index contributed by atoms with van der Waals surface area (Å²) in [6, 6.07) is -0.164. The van der Waals surface area contributed by atoms with Crippen LogP contribution in [0, 0.1) is 0 Å². The Balaban J connectivity index is 2.72. The summed E-state index contributed by atoms with van der Waals surface area (Å²) in [5.41, 5.74) is 0. The number of aliphatic carboxylic acids is 1. The molecule has 15 heavy (non-hydrogen) atoms. The van der Waals surface area contributed by atoms with E-state index in [1.54, 1.807) is 0 Å². The average Bonchev–Trinajstić information content (AvgIpc) is 2.16. The number of carboxylic acids is 1. The third-order valence-corrected chi connectivity index (χ3v) is 3.19. The number of carboxylic acid groups (broad SMARTS) is 1. The number of likely N-dealkylation sites (tertiary alicyclic amines) is 1. The fraction of sp³-hybridized carbons (Fsp3) is 0.750. The van der Waals surface area contributed by atoms with Gasteiger partial charge in [0.2, 0.25) is 0 Å². The standard InChI is InChI=1S/C12H21NO2/c1-3-10(2)13-9-7-5-4-6-8-11(13)12(14)15/h3,10-11H,1,4-9H2,2H3,(H,14,15). The molecule has 0 aromatic heterocycles. The van der Waals surface area contributed by atoms with Crippen LogP contribution in [0.4, 0.5) is 0 Å². The maximum absolute atomic E-state index is 11.2. The summed E-state index contributed by atoms with van der Waals surface area (Å²) in [4.78, 5) is 13.2. The first-order valence-electron chi connectivity index (χ1n) is 5.78. The Morgan fingerprint density at radius 3 is 2.73 bits per heavy atom. The van der Waals surface area contributed by atoms with Crippen molar-refractivity contribution < 1.29 is 9.90 Å². The molecule has 2 unspecified atom stereocenters. The van der Waals surface area contributed by atoms with Crippen LogP contribution < -0.4 is 0 Å². The Bertz CT molecular complexity index is 228. The van der Waals surface area contributed by atoms with Crippen molar-refractivity contribution in [1.29, 1.82) is 0 Å². The van der Waals surface area contributed by atoms with E-state index < -0.39 is 5.97 Å².